The van der Waals surface area contributed by atoms with Crippen molar-refractivity contribution < 1.29 is 27.1 Å². The van der Waals surface area contributed by atoms with Gasteiger partial charge in [-0.2, -0.15) is 5.10 Å². The van der Waals surface area contributed by atoms with Gasteiger partial charge in [0.2, 0.25) is 0 Å². The van der Waals surface area contributed by atoms with Gasteiger partial charge in [-0.1, -0.05) is 0 Å². The molecule has 35 heavy (non-hydrogen) atoms. The number of imidazole rings is 1. The normalized spacial score (nSPS) is 15.1. The topological polar surface area (TPSA) is 88.9 Å². The van der Waals surface area contributed by atoms with Crippen LogP contribution in [0.4, 0.5) is 17.6 Å². The molecule has 3 aromatic heterocycles. The highest BCUT2D eigenvalue weighted by Gasteiger charge is 2.32. The van der Waals surface area contributed by atoms with Crippen molar-refractivity contribution in [2.45, 2.75) is 25.1 Å². The molecular weight excluding hydrogens is 468 g/mol. The second kappa shape index (κ2) is 8.67. The van der Waals surface area contributed by atoms with Gasteiger partial charge in [-0.3, -0.25) is 9.48 Å². The molecule has 4 aromatic rings. The Bertz CT molecular complexity index is 1370. The lowest BCUT2D eigenvalue weighted by Gasteiger charge is -2.32. The summed E-state index contributed by atoms with van der Waals surface area (Å²) >= 11 is 0. The summed E-state index contributed by atoms with van der Waals surface area (Å²) in [4.78, 5) is 26.2. The maximum atomic E-state index is 14.9. The number of halogens is 4. The molecule has 0 atom stereocenters. The molecule has 182 valence electrons. The third kappa shape index (κ3) is 4.68. The highest BCUT2D eigenvalue weighted by atomic mass is 19.4. The molecule has 1 aromatic carbocycles. The molecule has 1 saturated heterocycles. The number of rotatable bonds is 4. The second-order valence-electron chi connectivity index (χ2n) is 8.35. The minimum atomic E-state index is -4.80. The first-order chi connectivity index (χ1) is 16.7. The van der Waals surface area contributed by atoms with Crippen LogP contribution in [0.1, 0.15) is 34.7 Å². The Morgan fingerprint density at radius 1 is 1.14 bits per heavy atom. The van der Waals surface area contributed by atoms with E-state index in [4.69, 9.17) is 0 Å². The van der Waals surface area contributed by atoms with Crippen molar-refractivity contribution >= 4 is 17.1 Å². The molecule has 8 nitrogen and oxygen atoms in total. The summed E-state index contributed by atoms with van der Waals surface area (Å²) in [6.45, 7) is 0.744. The maximum Gasteiger partial charge on any atom is 0.573 e. The van der Waals surface area contributed by atoms with Crippen molar-refractivity contribution in [1.82, 2.24) is 29.6 Å². The molecule has 1 aliphatic heterocycles. The van der Waals surface area contributed by atoms with E-state index in [0.29, 0.717) is 48.5 Å². The zero-order valence-electron chi connectivity index (χ0n) is 18.5. The molecule has 1 amide bonds. The zero-order chi connectivity index (χ0) is 24.7. The third-order valence-electron chi connectivity index (χ3n) is 6.02. The molecule has 0 bridgehead atoms. The van der Waals surface area contributed by atoms with Gasteiger partial charge in [0.25, 0.3) is 5.91 Å². The molecule has 5 rings (SSSR count). The first-order valence-corrected chi connectivity index (χ1v) is 10.9. The van der Waals surface area contributed by atoms with Crippen LogP contribution in [-0.4, -0.2) is 55.0 Å². The third-order valence-corrected chi connectivity index (χ3v) is 6.02. The van der Waals surface area contributed by atoms with Gasteiger partial charge in [-0.05, 0) is 43.0 Å². The monoisotopic (exact) mass is 488 g/mol. The van der Waals surface area contributed by atoms with Crippen LogP contribution < -0.4 is 4.74 Å². The molecule has 1 fully saturated rings. The lowest BCUT2D eigenvalue weighted by Crippen LogP contribution is -2.38. The van der Waals surface area contributed by atoms with Gasteiger partial charge < -0.3 is 14.6 Å². The van der Waals surface area contributed by atoms with Gasteiger partial charge in [0.05, 0.1) is 23.5 Å². The fraction of sp³-hybridized carbons (Fsp3) is 0.304. The van der Waals surface area contributed by atoms with Crippen LogP contribution in [0, 0.1) is 5.82 Å². The Morgan fingerprint density at radius 2 is 1.86 bits per heavy atom. The summed E-state index contributed by atoms with van der Waals surface area (Å²) < 4.78 is 57.4. The minimum absolute atomic E-state index is 0.158. The number of piperidine rings is 1. The molecule has 1 aliphatic rings. The fourth-order valence-electron chi connectivity index (χ4n) is 4.38. The summed E-state index contributed by atoms with van der Waals surface area (Å²) in [6.07, 6.45) is 0.831. The number of hydrogen-bond donors (Lipinski definition) is 1. The quantitative estimate of drug-likeness (QED) is 0.430. The number of aromatic amines is 1. The summed E-state index contributed by atoms with van der Waals surface area (Å²) in [5, 5.41) is 4.13. The van der Waals surface area contributed by atoms with E-state index in [2.05, 4.69) is 24.8 Å². The van der Waals surface area contributed by atoms with Gasteiger partial charge >= 0.3 is 6.36 Å². The van der Waals surface area contributed by atoms with E-state index in [1.165, 1.54) is 12.1 Å². The van der Waals surface area contributed by atoms with Crippen LogP contribution in [-0.2, 0) is 7.05 Å². The number of aryl methyl sites for hydroxylation is 1. The van der Waals surface area contributed by atoms with E-state index < -0.39 is 17.9 Å². The van der Waals surface area contributed by atoms with Crippen LogP contribution in [0.2, 0.25) is 0 Å². The van der Waals surface area contributed by atoms with E-state index in [-0.39, 0.29) is 17.4 Å². The van der Waals surface area contributed by atoms with Gasteiger partial charge in [-0.15, -0.1) is 13.2 Å². The number of carbonyl (C=O) groups excluding carboxylic acids is 1. The molecule has 0 radical (unpaired) electrons. The number of nitrogens with one attached hydrogen (secondary N) is 1. The Morgan fingerprint density at radius 3 is 2.49 bits per heavy atom. The molecule has 0 unspecified atom stereocenters. The first kappa shape index (κ1) is 22.8. The van der Waals surface area contributed by atoms with E-state index in [1.807, 2.05) is 0 Å². The van der Waals surface area contributed by atoms with Crippen LogP contribution in [0.5, 0.6) is 5.75 Å². The number of ether oxygens (including phenoxy) is 1. The predicted molar refractivity (Wildman–Crippen MR) is 117 cm³/mol. The van der Waals surface area contributed by atoms with Crippen molar-refractivity contribution in [2.24, 2.45) is 7.05 Å². The number of aromatic nitrogens is 5. The van der Waals surface area contributed by atoms with Crippen molar-refractivity contribution in [3.63, 3.8) is 0 Å². The smallest absolute Gasteiger partial charge is 0.406 e. The van der Waals surface area contributed by atoms with Crippen LogP contribution in [0.25, 0.3) is 22.6 Å². The van der Waals surface area contributed by atoms with Gasteiger partial charge in [0.1, 0.15) is 17.4 Å². The number of carbonyl (C=O) groups is 1. The molecule has 12 heteroatoms. The van der Waals surface area contributed by atoms with Crippen molar-refractivity contribution in [1.29, 1.82) is 0 Å². The minimum Gasteiger partial charge on any atom is -0.406 e. The lowest BCUT2D eigenvalue weighted by atomic mass is 9.88. The number of hydrogen-bond acceptors (Lipinski definition) is 5. The van der Waals surface area contributed by atoms with E-state index in [9.17, 15) is 22.4 Å². The van der Waals surface area contributed by atoms with Gasteiger partial charge in [0, 0.05) is 37.5 Å². The number of nitrogens with zero attached hydrogens (tertiary/aromatic N) is 5. The van der Waals surface area contributed by atoms with E-state index in [0.717, 1.165) is 23.9 Å². The van der Waals surface area contributed by atoms with E-state index >= 15 is 0 Å². The van der Waals surface area contributed by atoms with Crippen LogP contribution in [0.3, 0.4) is 0 Å². The van der Waals surface area contributed by atoms with Gasteiger partial charge in [0.15, 0.2) is 5.65 Å². The molecule has 4 heterocycles. The lowest BCUT2D eigenvalue weighted by molar-refractivity contribution is -0.274. The molecular formula is C23H20F4N6O2. The Kier molecular flexibility index (Phi) is 5.65. The highest BCUT2D eigenvalue weighted by Crippen LogP contribution is 2.35. The molecule has 0 aliphatic carbocycles. The fourth-order valence-corrected chi connectivity index (χ4v) is 4.38. The summed E-state index contributed by atoms with van der Waals surface area (Å²) in [5.74, 6) is -0.755. The zero-order valence-corrected chi connectivity index (χ0v) is 18.5. The van der Waals surface area contributed by atoms with E-state index in [1.54, 1.807) is 29.0 Å². The van der Waals surface area contributed by atoms with Crippen LogP contribution in [0.15, 0.2) is 42.9 Å². The summed E-state index contributed by atoms with van der Waals surface area (Å²) in [7, 11) is 1.79. The van der Waals surface area contributed by atoms with Gasteiger partial charge in [-0.25, -0.2) is 14.4 Å². The Labute approximate surface area is 196 Å². The number of pyridine rings is 1. The second-order valence-corrected chi connectivity index (χ2v) is 8.35. The summed E-state index contributed by atoms with van der Waals surface area (Å²) in [5.41, 5.74) is 2.42. The largest absolute Gasteiger partial charge is 0.573 e. The average molecular weight is 488 g/mol. The molecule has 0 saturated carbocycles. The maximum absolute atomic E-state index is 14.9. The summed E-state index contributed by atoms with van der Waals surface area (Å²) in [6, 6.07) is 4.81. The highest BCUT2D eigenvalue weighted by molar-refractivity contribution is 5.94. The number of benzene rings is 1. The van der Waals surface area contributed by atoms with Crippen molar-refractivity contribution in [3.05, 3.63) is 59.8 Å². The number of likely N-dealkylation sites (tertiary alicyclic amines) is 1. The number of fused-ring (bicyclic) bond motifs is 1. The number of alkyl halides is 3. The average Bonchev–Trinajstić information content (AvgIpc) is 3.44. The Hall–Kier alpha value is -3.96. The van der Waals surface area contributed by atoms with Crippen LogP contribution >= 0.6 is 0 Å². The molecule has 0 spiro atoms. The number of amides is 1. The predicted octanol–water partition coefficient (Wildman–Crippen LogP) is 4.42. The molecule has 1 N–H and O–H groups in total. The Balaban J connectivity index is 1.31. The first-order valence-electron chi connectivity index (χ1n) is 10.9. The SMILES string of the molecule is Cn1cc(-c2nc3ncc(F)c(C4CCN(C(=O)c5ccc(OC(F)(F)F)cc5)CC4)c3[nH]2)cn1. The van der Waals surface area contributed by atoms with Crippen molar-refractivity contribution in [2.75, 3.05) is 13.1 Å². The van der Waals surface area contributed by atoms with Crippen molar-refractivity contribution in [3.8, 4) is 17.1 Å². The number of H-pyrrole nitrogens is 1. The standard InChI is InChI=1S/C23H20F4N6O2/c1-32-12-15(10-29-32)20-30-19-18(17(24)11-28-21(19)31-20)13-6-8-33(9-7-13)22(34)14-2-4-16(5-3-14)35-23(25,26)27/h2-5,10-13H,6-9H2,1H3,(H,28,30,31).